The van der Waals surface area contributed by atoms with Gasteiger partial charge < -0.3 is 14.9 Å². The summed E-state index contributed by atoms with van der Waals surface area (Å²) in [7, 11) is 0. The van der Waals surface area contributed by atoms with E-state index < -0.39 is 23.3 Å². The molecule has 5 nitrogen and oxygen atoms in total. The third-order valence-electron chi connectivity index (χ3n) is 5.13. The van der Waals surface area contributed by atoms with Crippen LogP contribution in [-0.4, -0.2) is 33.9 Å². The van der Waals surface area contributed by atoms with Gasteiger partial charge in [-0.3, -0.25) is 4.79 Å². The molecule has 0 radical (unpaired) electrons. The monoisotopic (exact) mass is 278 g/mol. The average molecular weight is 278 g/mol. The predicted molar refractivity (Wildman–Crippen MR) is 69.3 cm³/mol. The van der Waals surface area contributed by atoms with Crippen molar-refractivity contribution in [1.82, 2.24) is 0 Å². The smallest absolute Gasteiger partial charge is 0.336 e. The molecule has 4 unspecified atom stereocenters. The average Bonchev–Trinajstić information content (AvgIpc) is 2.55. The molecule has 5 heteroatoms. The third-order valence-corrected chi connectivity index (χ3v) is 5.13. The summed E-state index contributed by atoms with van der Waals surface area (Å²) in [6, 6.07) is 0. The van der Waals surface area contributed by atoms with Crippen molar-refractivity contribution in [2.24, 2.45) is 11.3 Å². The van der Waals surface area contributed by atoms with Crippen LogP contribution in [0, 0.1) is 11.3 Å². The molecule has 0 spiro atoms. The van der Waals surface area contributed by atoms with Gasteiger partial charge in [0, 0.05) is 23.0 Å². The summed E-state index contributed by atoms with van der Waals surface area (Å²) in [5.74, 6) is -2.62. The van der Waals surface area contributed by atoms with E-state index in [9.17, 15) is 19.8 Å². The number of aliphatic hydroxyl groups excluding tert-OH is 1. The second-order valence-electron chi connectivity index (χ2n) is 6.41. The first kappa shape index (κ1) is 13.5. The molecular weight excluding hydrogens is 260 g/mol. The Balaban J connectivity index is 2.12. The summed E-state index contributed by atoms with van der Waals surface area (Å²) in [4.78, 5) is 23.6. The van der Waals surface area contributed by atoms with E-state index in [2.05, 4.69) is 0 Å². The van der Waals surface area contributed by atoms with Gasteiger partial charge in [-0.2, -0.15) is 0 Å². The Morgan fingerprint density at radius 3 is 2.65 bits per heavy atom. The number of allylic oxidation sites excluding steroid dienone is 1. The minimum absolute atomic E-state index is 0.0428. The van der Waals surface area contributed by atoms with Gasteiger partial charge >= 0.3 is 5.97 Å². The highest BCUT2D eigenvalue weighted by Gasteiger charge is 2.60. The highest BCUT2D eigenvalue weighted by Crippen LogP contribution is 2.57. The largest absolute Gasteiger partial charge is 0.426 e. The Hall–Kier alpha value is -1.46. The lowest BCUT2D eigenvalue weighted by molar-refractivity contribution is -0.210. The minimum atomic E-state index is -1.68. The van der Waals surface area contributed by atoms with Crippen LogP contribution in [0.5, 0.6) is 0 Å². The second-order valence-corrected chi connectivity index (χ2v) is 6.41. The lowest BCUT2D eigenvalue weighted by atomic mass is 9.56. The van der Waals surface area contributed by atoms with Crippen molar-refractivity contribution in [3.8, 4) is 0 Å². The molecule has 3 rings (SSSR count). The lowest BCUT2D eigenvalue weighted by Crippen LogP contribution is -2.56. The summed E-state index contributed by atoms with van der Waals surface area (Å²) in [5, 5.41) is 20.9. The standard InChI is InChI=1S/C15H18O5/c1-7-4-11(16)12(17)14(3)6-15(19)10(5-9(7)14)8(2)13(18)20-15/h4,9,12,17,19H,5-6H2,1-3H3. The summed E-state index contributed by atoms with van der Waals surface area (Å²) >= 11 is 0. The minimum Gasteiger partial charge on any atom is -0.426 e. The van der Waals surface area contributed by atoms with Crippen LogP contribution >= 0.6 is 0 Å². The zero-order valence-electron chi connectivity index (χ0n) is 11.8. The number of ether oxygens (including phenoxy) is 1. The summed E-state index contributed by atoms with van der Waals surface area (Å²) in [6.07, 6.45) is 0.759. The topological polar surface area (TPSA) is 83.8 Å². The Bertz CT molecular complexity index is 587. The molecule has 1 aliphatic heterocycles. The van der Waals surface area contributed by atoms with E-state index in [-0.39, 0.29) is 18.1 Å². The fraction of sp³-hybridized carbons (Fsp3) is 0.600. The molecule has 1 saturated carbocycles. The highest BCUT2D eigenvalue weighted by atomic mass is 16.7. The van der Waals surface area contributed by atoms with E-state index in [4.69, 9.17) is 4.74 Å². The molecule has 0 aromatic heterocycles. The van der Waals surface area contributed by atoms with Gasteiger partial charge in [-0.15, -0.1) is 0 Å². The molecular formula is C15H18O5. The first-order valence-electron chi connectivity index (χ1n) is 6.75. The van der Waals surface area contributed by atoms with Crippen molar-refractivity contribution in [2.75, 3.05) is 0 Å². The number of hydrogen-bond donors (Lipinski definition) is 2. The van der Waals surface area contributed by atoms with Crippen molar-refractivity contribution in [2.45, 2.75) is 45.5 Å². The normalized spacial score (nSPS) is 44.0. The van der Waals surface area contributed by atoms with Gasteiger partial charge in [0.25, 0.3) is 0 Å². The van der Waals surface area contributed by atoms with Crippen LogP contribution in [0.4, 0.5) is 0 Å². The molecule has 2 N–H and O–H groups in total. The Morgan fingerprint density at radius 2 is 2.00 bits per heavy atom. The van der Waals surface area contributed by atoms with Gasteiger partial charge in [-0.25, -0.2) is 4.79 Å². The van der Waals surface area contributed by atoms with Crippen LogP contribution < -0.4 is 0 Å². The second kappa shape index (κ2) is 3.80. The number of fused-ring (bicyclic) bond motifs is 2. The number of esters is 1. The molecule has 3 aliphatic rings. The molecule has 0 bridgehead atoms. The number of rotatable bonds is 0. The van der Waals surface area contributed by atoms with Gasteiger partial charge in [0.15, 0.2) is 5.78 Å². The first-order valence-corrected chi connectivity index (χ1v) is 6.75. The van der Waals surface area contributed by atoms with Crippen LogP contribution in [0.15, 0.2) is 22.8 Å². The van der Waals surface area contributed by atoms with Crippen LogP contribution in [-0.2, 0) is 14.3 Å². The molecule has 4 atom stereocenters. The molecule has 1 heterocycles. The van der Waals surface area contributed by atoms with Crippen molar-refractivity contribution in [3.05, 3.63) is 22.8 Å². The highest BCUT2D eigenvalue weighted by molar-refractivity contribution is 5.96. The Morgan fingerprint density at radius 1 is 1.35 bits per heavy atom. The fourth-order valence-electron chi connectivity index (χ4n) is 3.94. The van der Waals surface area contributed by atoms with E-state index in [0.717, 1.165) is 5.57 Å². The summed E-state index contributed by atoms with van der Waals surface area (Å²) in [6.45, 7) is 5.26. The Labute approximate surface area is 116 Å². The van der Waals surface area contributed by atoms with E-state index in [1.807, 2.05) is 6.92 Å². The van der Waals surface area contributed by atoms with Crippen LogP contribution in [0.1, 0.15) is 33.6 Å². The maximum Gasteiger partial charge on any atom is 0.336 e. The van der Waals surface area contributed by atoms with Crippen molar-refractivity contribution < 1.29 is 24.5 Å². The molecule has 1 fully saturated rings. The van der Waals surface area contributed by atoms with Crippen molar-refractivity contribution in [1.29, 1.82) is 0 Å². The van der Waals surface area contributed by atoms with Crippen LogP contribution in [0.2, 0.25) is 0 Å². The number of carbonyl (C=O) groups excluding carboxylic acids is 2. The molecule has 0 aromatic carbocycles. The van der Waals surface area contributed by atoms with Gasteiger partial charge in [0.2, 0.25) is 5.79 Å². The van der Waals surface area contributed by atoms with Crippen LogP contribution in [0.25, 0.3) is 0 Å². The summed E-state index contributed by atoms with van der Waals surface area (Å²) < 4.78 is 5.10. The zero-order valence-corrected chi connectivity index (χ0v) is 11.8. The van der Waals surface area contributed by atoms with E-state index >= 15 is 0 Å². The van der Waals surface area contributed by atoms with E-state index in [1.165, 1.54) is 6.08 Å². The van der Waals surface area contributed by atoms with Gasteiger partial charge in [0.05, 0.1) is 0 Å². The summed E-state index contributed by atoms with van der Waals surface area (Å²) in [5.41, 5.74) is 1.08. The predicted octanol–water partition coefficient (Wildman–Crippen LogP) is 0.854. The molecule has 0 amide bonds. The molecule has 20 heavy (non-hydrogen) atoms. The molecule has 0 saturated heterocycles. The van der Waals surface area contributed by atoms with E-state index in [0.29, 0.717) is 17.6 Å². The lowest BCUT2D eigenvalue weighted by Gasteiger charge is -2.51. The molecule has 2 aliphatic carbocycles. The quantitative estimate of drug-likeness (QED) is 0.642. The van der Waals surface area contributed by atoms with Crippen LogP contribution in [0.3, 0.4) is 0 Å². The molecule has 0 aromatic rings. The zero-order chi connectivity index (χ0) is 14.9. The van der Waals surface area contributed by atoms with Gasteiger partial charge in [-0.05, 0) is 32.3 Å². The van der Waals surface area contributed by atoms with E-state index in [1.54, 1.807) is 13.8 Å². The van der Waals surface area contributed by atoms with Crippen molar-refractivity contribution in [3.63, 3.8) is 0 Å². The maximum absolute atomic E-state index is 11.9. The fourth-order valence-corrected chi connectivity index (χ4v) is 3.94. The third kappa shape index (κ3) is 1.50. The number of carbonyl (C=O) groups is 2. The van der Waals surface area contributed by atoms with Crippen molar-refractivity contribution >= 4 is 11.8 Å². The number of hydrogen-bond acceptors (Lipinski definition) is 5. The van der Waals surface area contributed by atoms with Gasteiger partial charge in [-0.1, -0.05) is 12.5 Å². The number of ketones is 1. The van der Waals surface area contributed by atoms with Gasteiger partial charge in [0.1, 0.15) is 6.10 Å². The molecule has 108 valence electrons. The Kier molecular flexibility index (Phi) is 2.57. The number of aliphatic hydroxyl groups is 2. The SMILES string of the molecule is CC1=CC(=O)C(O)C2(C)CC3(O)OC(=O)C(C)=C3CC12. The maximum atomic E-state index is 11.9. The first-order chi connectivity index (χ1) is 9.19.